The highest BCUT2D eigenvalue weighted by molar-refractivity contribution is 7.09. The smallest absolute Gasteiger partial charge is 0.269 e. The van der Waals surface area contributed by atoms with Gasteiger partial charge in [0.2, 0.25) is 0 Å². The summed E-state index contributed by atoms with van der Waals surface area (Å²) in [6, 6.07) is 8.01. The maximum Gasteiger partial charge on any atom is 0.269 e. The van der Waals surface area contributed by atoms with Crippen molar-refractivity contribution in [3.8, 4) is 0 Å². The van der Waals surface area contributed by atoms with Crippen LogP contribution in [-0.4, -0.2) is 43.7 Å². The molecule has 0 unspecified atom stereocenters. The van der Waals surface area contributed by atoms with Crippen molar-refractivity contribution in [1.82, 2.24) is 10.3 Å². The van der Waals surface area contributed by atoms with E-state index in [1.54, 1.807) is 17.5 Å². The number of aromatic nitrogens is 1. The number of amides is 1. The predicted octanol–water partition coefficient (Wildman–Crippen LogP) is 2.59. The number of anilines is 1. The molecule has 24 heavy (non-hydrogen) atoms. The molecule has 5 nitrogen and oxygen atoms in total. The summed E-state index contributed by atoms with van der Waals surface area (Å²) in [6.45, 7) is 5.96. The van der Waals surface area contributed by atoms with Crippen molar-refractivity contribution in [3.05, 3.63) is 46.4 Å². The quantitative estimate of drug-likeness (QED) is 0.874. The Labute approximate surface area is 146 Å². The predicted molar refractivity (Wildman–Crippen MR) is 96.8 cm³/mol. The van der Waals surface area contributed by atoms with E-state index in [0.717, 1.165) is 38.4 Å². The fourth-order valence-electron chi connectivity index (χ4n) is 2.76. The highest BCUT2D eigenvalue weighted by Gasteiger charge is 2.15. The summed E-state index contributed by atoms with van der Waals surface area (Å²) in [4.78, 5) is 20.2. The van der Waals surface area contributed by atoms with E-state index in [1.165, 1.54) is 4.88 Å². The first-order valence-corrected chi connectivity index (χ1v) is 9.19. The zero-order valence-electron chi connectivity index (χ0n) is 13.9. The van der Waals surface area contributed by atoms with Gasteiger partial charge in [-0.2, -0.15) is 0 Å². The van der Waals surface area contributed by atoms with E-state index in [2.05, 4.69) is 39.6 Å². The molecule has 3 rings (SSSR count). The van der Waals surface area contributed by atoms with Gasteiger partial charge in [-0.1, -0.05) is 13.0 Å². The van der Waals surface area contributed by atoms with Crippen molar-refractivity contribution in [3.63, 3.8) is 0 Å². The van der Waals surface area contributed by atoms with Gasteiger partial charge in [0.05, 0.1) is 13.2 Å². The van der Waals surface area contributed by atoms with Crippen LogP contribution >= 0.6 is 11.3 Å². The Hall–Kier alpha value is -1.92. The Kier molecular flexibility index (Phi) is 5.82. The van der Waals surface area contributed by atoms with Crippen LogP contribution in [0.4, 0.5) is 5.69 Å². The fraction of sp³-hybridized carbons (Fsp3) is 0.444. The van der Waals surface area contributed by atoms with E-state index in [4.69, 9.17) is 4.74 Å². The van der Waals surface area contributed by atoms with Gasteiger partial charge in [-0.25, -0.2) is 0 Å². The number of nitrogens with one attached hydrogen (secondary N) is 1. The molecule has 2 aromatic heterocycles. The molecule has 0 radical (unpaired) electrons. The third-order valence-corrected chi connectivity index (χ3v) is 4.99. The van der Waals surface area contributed by atoms with E-state index in [-0.39, 0.29) is 5.91 Å². The molecule has 0 aliphatic carbocycles. The van der Waals surface area contributed by atoms with Gasteiger partial charge in [0.25, 0.3) is 5.91 Å². The largest absolute Gasteiger partial charge is 0.378 e. The maximum atomic E-state index is 12.4. The third kappa shape index (κ3) is 4.55. The number of hydrogen-bond acceptors (Lipinski definition) is 5. The zero-order valence-corrected chi connectivity index (χ0v) is 14.7. The Morgan fingerprint density at radius 1 is 1.42 bits per heavy atom. The molecule has 0 bridgehead atoms. The fourth-order valence-corrected chi connectivity index (χ4v) is 3.63. The van der Waals surface area contributed by atoms with Crippen LogP contribution in [0.2, 0.25) is 0 Å². The first kappa shape index (κ1) is 16.9. The molecule has 1 saturated heterocycles. The zero-order chi connectivity index (χ0) is 16.8. The molecule has 1 amide bonds. The lowest BCUT2D eigenvalue weighted by atomic mass is 10.1. The minimum Gasteiger partial charge on any atom is -0.378 e. The average molecular weight is 345 g/mol. The van der Waals surface area contributed by atoms with Gasteiger partial charge in [-0.3, -0.25) is 9.78 Å². The number of carbonyl (C=O) groups is 1. The third-order valence-electron chi connectivity index (χ3n) is 4.09. The molecule has 3 heterocycles. The lowest BCUT2D eigenvalue weighted by Crippen LogP contribution is -2.36. The van der Waals surface area contributed by atoms with E-state index < -0.39 is 0 Å². The van der Waals surface area contributed by atoms with Crippen LogP contribution in [0.5, 0.6) is 0 Å². The van der Waals surface area contributed by atoms with Crippen molar-refractivity contribution in [1.29, 1.82) is 0 Å². The van der Waals surface area contributed by atoms with E-state index >= 15 is 0 Å². The average Bonchev–Trinajstić information content (AvgIpc) is 3.13. The Balaban J connectivity index is 1.54. The number of thiophene rings is 1. The van der Waals surface area contributed by atoms with Crippen LogP contribution in [0.3, 0.4) is 0 Å². The summed E-state index contributed by atoms with van der Waals surface area (Å²) in [7, 11) is 0. The molecule has 1 aliphatic heterocycles. The molecular formula is C18H23N3O2S. The number of nitrogens with zero attached hydrogens (tertiary/aromatic N) is 2. The summed E-state index contributed by atoms with van der Waals surface area (Å²) in [5, 5.41) is 5.09. The second kappa shape index (κ2) is 8.26. The Morgan fingerprint density at radius 3 is 3.00 bits per heavy atom. The second-order valence-electron chi connectivity index (χ2n) is 6.10. The monoisotopic (exact) mass is 345 g/mol. The molecule has 128 valence electrons. The molecule has 1 aliphatic rings. The van der Waals surface area contributed by atoms with Crippen molar-refractivity contribution < 1.29 is 9.53 Å². The van der Waals surface area contributed by atoms with E-state index in [1.807, 2.05) is 12.1 Å². The number of hydrogen-bond donors (Lipinski definition) is 1. The lowest BCUT2D eigenvalue weighted by Gasteiger charge is -2.28. The SMILES string of the molecule is C[C@@H](CNC(=O)c1cc(N2CCOCC2)ccn1)Cc1cccs1. The second-order valence-corrected chi connectivity index (χ2v) is 7.13. The molecule has 0 saturated carbocycles. The molecule has 1 atom stereocenters. The molecule has 6 heteroatoms. The van der Waals surface area contributed by atoms with Crippen molar-refractivity contribution in [2.24, 2.45) is 5.92 Å². The van der Waals surface area contributed by atoms with Crippen LogP contribution in [0.25, 0.3) is 0 Å². The van der Waals surface area contributed by atoms with Crippen LogP contribution in [0.15, 0.2) is 35.8 Å². The number of pyridine rings is 1. The topological polar surface area (TPSA) is 54.5 Å². The van der Waals surface area contributed by atoms with E-state index in [9.17, 15) is 4.79 Å². The van der Waals surface area contributed by atoms with Crippen molar-refractivity contribution in [2.45, 2.75) is 13.3 Å². The molecule has 0 spiro atoms. The summed E-state index contributed by atoms with van der Waals surface area (Å²) in [6.07, 6.45) is 2.69. The highest BCUT2D eigenvalue weighted by Crippen LogP contribution is 2.16. The standard InChI is InChI=1S/C18H23N3O2S/c1-14(11-16-3-2-10-24-16)13-20-18(22)17-12-15(4-5-19-17)21-6-8-23-9-7-21/h2-5,10,12,14H,6-9,11,13H2,1H3,(H,20,22)/t14-/m1/s1. The van der Waals surface area contributed by atoms with Crippen LogP contribution < -0.4 is 10.2 Å². The molecule has 2 aromatic rings. The summed E-state index contributed by atoms with van der Waals surface area (Å²) in [5.41, 5.74) is 1.51. The normalized spacial score (nSPS) is 16.0. The minimum absolute atomic E-state index is 0.108. The summed E-state index contributed by atoms with van der Waals surface area (Å²) in [5.74, 6) is 0.290. The van der Waals surface area contributed by atoms with Gasteiger partial charge >= 0.3 is 0 Å². The van der Waals surface area contributed by atoms with Gasteiger partial charge in [-0.05, 0) is 35.9 Å². The lowest BCUT2D eigenvalue weighted by molar-refractivity contribution is 0.0943. The van der Waals surface area contributed by atoms with Crippen molar-refractivity contribution >= 4 is 22.9 Å². The van der Waals surface area contributed by atoms with Gasteiger partial charge in [-0.15, -0.1) is 11.3 Å². The molecule has 0 aromatic carbocycles. The van der Waals surface area contributed by atoms with E-state index in [0.29, 0.717) is 18.2 Å². The van der Waals surface area contributed by atoms with Crippen LogP contribution in [0, 0.1) is 5.92 Å². The Morgan fingerprint density at radius 2 is 2.25 bits per heavy atom. The van der Waals surface area contributed by atoms with Gasteiger partial charge in [0, 0.05) is 36.4 Å². The minimum atomic E-state index is -0.108. The highest BCUT2D eigenvalue weighted by atomic mass is 32.1. The summed E-state index contributed by atoms with van der Waals surface area (Å²) < 4.78 is 5.37. The first-order chi connectivity index (χ1) is 11.7. The van der Waals surface area contributed by atoms with Gasteiger partial charge < -0.3 is 15.0 Å². The van der Waals surface area contributed by atoms with Crippen LogP contribution in [-0.2, 0) is 11.2 Å². The Bertz CT molecular complexity index is 654. The molecule has 1 N–H and O–H groups in total. The summed E-state index contributed by atoms with van der Waals surface area (Å²) >= 11 is 1.76. The van der Waals surface area contributed by atoms with Gasteiger partial charge in [0.1, 0.15) is 5.69 Å². The van der Waals surface area contributed by atoms with Gasteiger partial charge in [0.15, 0.2) is 0 Å². The van der Waals surface area contributed by atoms with Crippen LogP contribution in [0.1, 0.15) is 22.3 Å². The van der Waals surface area contributed by atoms with Crippen molar-refractivity contribution in [2.75, 3.05) is 37.7 Å². The molecular weight excluding hydrogens is 322 g/mol. The number of ether oxygens (including phenoxy) is 1. The number of carbonyl (C=O) groups excluding carboxylic acids is 1. The maximum absolute atomic E-state index is 12.4. The first-order valence-electron chi connectivity index (χ1n) is 8.31. The molecule has 1 fully saturated rings. The number of morpholine rings is 1. The number of rotatable bonds is 6.